The minimum absolute atomic E-state index is 0.168. The summed E-state index contributed by atoms with van der Waals surface area (Å²) >= 11 is 1.46. The second-order valence-corrected chi connectivity index (χ2v) is 6.47. The fourth-order valence-corrected chi connectivity index (χ4v) is 3.25. The van der Waals surface area contributed by atoms with Gasteiger partial charge in [-0.15, -0.1) is 5.10 Å². The lowest BCUT2D eigenvalue weighted by molar-refractivity contribution is -0.119. The number of thioether (sulfide) groups is 1. The zero-order valence-electron chi connectivity index (χ0n) is 14.6. The number of hydrogen-bond acceptors (Lipinski definition) is 6. The van der Waals surface area contributed by atoms with E-state index in [1.54, 1.807) is 26.4 Å². The molecule has 134 valence electrons. The zero-order chi connectivity index (χ0) is 18.4. The van der Waals surface area contributed by atoms with Crippen molar-refractivity contribution in [1.82, 2.24) is 5.32 Å². The number of methoxy groups -OCH3 is 2. The summed E-state index contributed by atoms with van der Waals surface area (Å²) in [6.07, 6.45) is 0.183. The van der Waals surface area contributed by atoms with Crippen molar-refractivity contribution in [2.45, 2.75) is 6.42 Å². The van der Waals surface area contributed by atoms with E-state index in [1.165, 1.54) is 11.8 Å². The molecule has 0 saturated carbocycles. The van der Waals surface area contributed by atoms with E-state index in [9.17, 15) is 4.79 Å². The van der Waals surface area contributed by atoms with Crippen LogP contribution >= 0.6 is 11.8 Å². The van der Waals surface area contributed by atoms with Gasteiger partial charge in [-0.25, -0.2) is 0 Å². The van der Waals surface area contributed by atoms with Crippen LogP contribution in [0.4, 0.5) is 0 Å². The Bertz CT molecular complexity index is 850. The molecule has 0 aromatic heterocycles. The third-order valence-corrected chi connectivity index (χ3v) is 4.68. The van der Waals surface area contributed by atoms with Crippen LogP contribution in [-0.2, 0) is 11.2 Å². The number of ether oxygens (including phenoxy) is 2. The summed E-state index contributed by atoms with van der Waals surface area (Å²) in [5.41, 5.74) is 2.71. The van der Waals surface area contributed by atoms with Gasteiger partial charge in [-0.05, 0) is 11.6 Å². The standard InChI is InChI=1S/C19H19N3O3S/c1-24-15-9-8-14(17(11-15)25-2)10-18(23)20-19-22-21-16(12-26-19)13-6-4-3-5-7-13/h3-9,11H,10,12H2,1-2H3,(H,20,22,23). The van der Waals surface area contributed by atoms with Crippen LogP contribution in [0.2, 0.25) is 0 Å². The Balaban J connectivity index is 1.64. The number of rotatable bonds is 5. The number of carbonyl (C=O) groups is 1. The van der Waals surface area contributed by atoms with Gasteiger partial charge in [0.05, 0.1) is 26.4 Å². The van der Waals surface area contributed by atoms with Gasteiger partial charge in [-0.2, -0.15) is 5.10 Å². The van der Waals surface area contributed by atoms with Crippen molar-refractivity contribution in [2.75, 3.05) is 20.0 Å². The summed E-state index contributed by atoms with van der Waals surface area (Å²) in [5, 5.41) is 11.7. The molecule has 0 saturated heterocycles. The largest absolute Gasteiger partial charge is 0.497 e. The first-order chi connectivity index (χ1) is 12.7. The van der Waals surface area contributed by atoms with E-state index < -0.39 is 0 Å². The first kappa shape index (κ1) is 18.0. The quantitative estimate of drug-likeness (QED) is 0.880. The molecule has 7 heteroatoms. The molecule has 0 unspecified atom stereocenters. The first-order valence-electron chi connectivity index (χ1n) is 8.03. The molecular weight excluding hydrogens is 350 g/mol. The molecule has 0 spiro atoms. The molecule has 6 nitrogen and oxygen atoms in total. The molecule has 1 amide bonds. The highest BCUT2D eigenvalue weighted by Crippen LogP contribution is 2.25. The predicted octanol–water partition coefficient (Wildman–Crippen LogP) is 2.87. The van der Waals surface area contributed by atoms with Gasteiger partial charge in [-0.1, -0.05) is 48.2 Å². The van der Waals surface area contributed by atoms with Crippen LogP contribution < -0.4 is 14.8 Å². The van der Waals surface area contributed by atoms with Crippen molar-refractivity contribution in [2.24, 2.45) is 10.2 Å². The van der Waals surface area contributed by atoms with Crippen LogP contribution in [-0.4, -0.2) is 36.8 Å². The van der Waals surface area contributed by atoms with Crippen LogP contribution in [0, 0.1) is 0 Å². The first-order valence-corrected chi connectivity index (χ1v) is 9.01. The second kappa shape index (κ2) is 8.53. The topological polar surface area (TPSA) is 72.3 Å². The van der Waals surface area contributed by atoms with Crippen molar-refractivity contribution < 1.29 is 14.3 Å². The molecule has 1 aliphatic rings. The highest BCUT2D eigenvalue weighted by molar-refractivity contribution is 8.14. The van der Waals surface area contributed by atoms with Crippen LogP contribution in [0.1, 0.15) is 11.1 Å². The van der Waals surface area contributed by atoms with Gasteiger partial charge < -0.3 is 14.8 Å². The van der Waals surface area contributed by atoms with Crippen molar-refractivity contribution >= 4 is 28.5 Å². The SMILES string of the molecule is COc1ccc(CC(=O)NC2=NN=C(c3ccccc3)CS2)c(OC)c1. The molecule has 1 aliphatic heterocycles. The molecule has 1 N–H and O–H groups in total. The maximum absolute atomic E-state index is 12.3. The van der Waals surface area contributed by atoms with E-state index in [4.69, 9.17) is 9.47 Å². The van der Waals surface area contributed by atoms with Gasteiger partial charge in [0.1, 0.15) is 11.5 Å². The maximum atomic E-state index is 12.3. The second-order valence-electron chi connectivity index (χ2n) is 5.51. The Hall–Kier alpha value is -2.80. The van der Waals surface area contributed by atoms with Crippen molar-refractivity contribution in [3.05, 3.63) is 59.7 Å². The normalized spacial score (nSPS) is 13.5. The minimum atomic E-state index is -0.168. The Morgan fingerprint density at radius 2 is 1.92 bits per heavy atom. The highest BCUT2D eigenvalue weighted by atomic mass is 32.2. The Kier molecular flexibility index (Phi) is 5.91. The van der Waals surface area contributed by atoms with E-state index >= 15 is 0 Å². The fraction of sp³-hybridized carbons (Fsp3) is 0.211. The molecule has 0 radical (unpaired) electrons. The van der Waals surface area contributed by atoms with E-state index in [2.05, 4.69) is 15.5 Å². The maximum Gasteiger partial charge on any atom is 0.230 e. The smallest absolute Gasteiger partial charge is 0.230 e. The average Bonchev–Trinajstić information content (AvgIpc) is 2.69. The molecule has 2 aromatic rings. The molecule has 1 heterocycles. The van der Waals surface area contributed by atoms with Gasteiger partial charge in [0.15, 0.2) is 5.17 Å². The summed E-state index contributed by atoms with van der Waals surface area (Å²) in [6, 6.07) is 15.3. The number of amidine groups is 1. The summed E-state index contributed by atoms with van der Waals surface area (Å²) in [7, 11) is 3.15. The highest BCUT2D eigenvalue weighted by Gasteiger charge is 2.16. The Labute approximate surface area is 156 Å². The summed E-state index contributed by atoms with van der Waals surface area (Å²) in [4.78, 5) is 12.3. The van der Waals surface area contributed by atoms with E-state index in [1.807, 2.05) is 36.4 Å². The molecular formula is C19H19N3O3S. The number of carbonyl (C=O) groups excluding carboxylic acids is 1. The van der Waals surface area contributed by atoms with Gasteiger partial charge in [-0.3, -0.25) is 4.79 Å². The summed E-state index contributed by atoms with van der Waals surface area (Å²) < 4.78 is 10.5. The van der Waals surface area contributed by atoms with Crippen molar-refractivity contribution in [1.29, 1.82) is 0 Å². The van der Waals surface area contributed by atoms with Crippen LogP contribution in [0.5, 0.6) is 11.5 Å². The lowest BCUT2D eigenvalue weighted by Crippen LogP contribution is -2.31. The predicted molar refractivity (Wildman–Crippen MR) is 104 cm³/mol. The van der Waals surface area contributed by atoms with Gasteiger partial charge >= 0.3 is 0 Å². The Morgan fingerprint density at radius 3 is 2.58 bits per heavy atom. The fourth-order valence-electron chi connectivity index (χ4n) is 2.47. The van der Waals surface area contributed by atoms with Crippen LogP contribution in [0.25, 0.3) is 0 Å². The lowest BCUT2D eigenvalue weighted by Gasteiger charge is -2.14. The molecule has 0 atom stereocenters. The van der Waals surface area contributed by atoms with Gasteiger partial charge in [0, 0.05) is 17.4 Å². The number of hydrogen-bond donors (Lipinski definition) is 1. The number of benzene rings is 2. The average molecular weight is 369 g/mol. The molecule has 0 bridgehead atoms. The third-order valence-electron chi connectivity index (χ3n) is 3.81. The van der Waals surface area contributed by atoms with Crippen molar-refractivity contribution in [3.63, 3.8) is 0 Å². The van der Waals surface area contributed by atoms with Crippen LogP contribution in [0.3, 0.4) is 0 Å². The minimum Gasteiger partial charge on any atom is -0.497 e. The monoisotopic (exact) mass is 369 g/mol. The van der Waals surface area contributed by atoms with E-state index in [0.717, 1.165) is 16.8 Å². The lowest BCUT2D eigenvalue weighted by atomic mass is 10.1. The number of nitrogens with zero attached hydrogens (tertiary/aromatic N) is 2. The summed E-state index contributed by atoms with van der Waals surface area (Å²) in [5.74, 6) is 1.79. The van der Waals surface area contributed by atoms with Gasteiger partial charge in [0.25, 0.3) is 0 Å². The molecule has 26 heavy (non-hydrogen) atoms. The van der Waals surface area contributed by atoms with E-state index in [0.29, 0.717) is 22.4 Å². The van der Waals surface area contributed by atoms with Crippen LogP contribution in [0.15, 0.2) is 58.7 Å². The molecule has 3 rings (SSSR count). The van der Waals surface area contributed by atoms with Gasteiger partial charge in [0.2, 0.25) is 5.91 Å². The zero-order valence-corrected chi connectivity index (χ0v) is 15.4. The Morgan fingerprint density at radius 1 is 1.12 bits per heavy atom. The van der Waals surface area contributed by atoms with E-state index in [-0.39, 0.29) is 12.3 Å². The van der Waals surface area contributed by atoms with Crippen molar-refractivity contribution in [3.8, 4) is 11.5 Å². The molecule has 0 fully saturated rings. The number of nitrogens with one attached hydrogen (secondary N) is 1. The molecule has 0 aliphatic carbocycles. The third kappa shape index (κ3) is 4.43. The molecule has 2 aromatic carbocycles. The number of amides is 1. The summed E-state index contributed by atoms with van der Waals surface area (Å²) in [6.45, 7) is 0.